The van der Waals surface area contributed by atoms with E-state index < -0.39 is 11.9 Å². The molecule has 2 aromatic carbocycles. The Kier molecular flexibility index (Phi) is 6.25. The molecule has 0 aliphatic carbocycles. The molecule has 130 valence electrons. The fourth-order valence-corrected chi connectivity index (χ4v) is 2.88. The molecule has 0 bridgehead atoms. The summed E-state index contributed by atoms with van der Waals surface area (Å²) in [6.07, 6.45) is -4.19. The maximum Gasteiger partial charge on any atom is 0.398 e. The van der Waals surface area contributed by atoms with Crippen LogP contribution >= 0.6 is 11.8 Å². The fraction of sp³-hybridized carbons (Fsp3) is 0.294. The minimum Gasteiger partial charge on any atom is -0.493 e. The molecule has 0 fully saturated rings. The van der Waals surface area contributed by atoms with E-state index in [9.17, 15) is 13.2 Å². The van der Waals surface area contributed by atoms with Gasteiger partial charge in [0.05, 0.1) is 20.0 Å². The SMILES string of the molecule is COc1ccc(CNc2ccccc2SCC(F)(F)F)cc1OC. The molecular weight excluding hydrogens is 339 g/mol. The molecule has 2 aromatic rings. The largest absolute Gasteiger partial charge is 0.493 e. The Balaban J connectivity index is 2.07. The molecular formula is C17H18F3NO2S. The van der Waals surface area contributed by atoms with Gasteiger partial charge in [-0.3, -0.25) is 0 Å². The van der Waals surface area contributed by atoms with Crippen molar-refractivity contribution in [2.75, 3.05) is 25.3 Å². The zero-order valence-electron chi connectivity index (χ0n) is 13.3. The Hall–Kier alpha value is -2.02. The van der Waals surface area contributed by atoms with Crippen LogP contribution in [-0.2, 0) is 6.54 Å². The molecule has 0 spiro atoms. The Morgan fingerprint density at radius 1 is 1.00 bits per heavy atom. The summed E-state index contributed by atoms with van der Waals surface area (Å²) in [5, 5.41) is 3.17. The maximum absolute atomic E-state index is 12.4. The van der Waals surface area contributed by atoms with Crippen LogP contribution in [0.25, 0.3) is 0 Å². The predicted octanol–water partition coefficient (Wildman–Crippen LogP) is 4.97. The van der Waals surface area contributed by atoms with E-state index in [1.807, 2.05) is 12.1 Å². The van der Waals surface area contributed by atoms with Crippen LogP contribution in [0.1, 0.15) is 5.56 Å². The van der Waals surface area contributed by atoms with Crippen molar-refractivity contribution in [2.45, 2.75) is 17.6 Å². The molecule has 2 rings (SSSR count). The lowest BCUT2D eigenvalue weighted by molar-refractivity contribution is -0.105. The lowest BCUT2D eigenvalue weighted by Crippen LogP contribution is -2.11. The predicted molar refractivity (Wildman–Crippen MR) is 90.1 cm³/mol. The van der Waals surface area contributed by atoms with Crippen LogP contribution in [-0.4, -0.2) is 26.1 Å². The Morgan fingerprint density at radius 3 is 2.38 bits per heavy atom. The topological polar surface area (TPSA) is 30.5 Å². The number of anilines is 1. The normalized spacial score (nSPS) is 11.2. The highest BCUT2D eigenvalue weighted by Crippen LogP contribution is 2.33. The van der Waals surface area contributed by atoms with Crippen molar-refractivity contribution in [1.29, 1.82) is 0 Å². The minimum absolute atomic E-state index is 0.462. The van der Waals surface area contributed by atoms with E-state index >= 15 is 0 Å². The third-order valence-corrected chi connectivity index (χ3v) is 4.35. The first kappa shape index (κ1) is 18.3. The van der Waals surface area contributed by atoms with Crippen LogP contribution in [0.3, 0.4) is 0 Å². The smallest absolute Gasteiger partial charge is 0.398 e. The van der Waals surface area contributed by atoms with Gasteiger partial charge in [-0.25, -0.2) is 0 Å². The van der Waals surface area contributed by atoms with Crippen molar-refractivity contribution in [2.24, 2.45) is 0 Å². The molecule has 24 heavy (non-hydrogen) atoms. The van der Waals surface area contributed by atoms with E-state index in [1.165, 1.54) is 0 Å². The number of para-hydroxylation sites is 1. The lowest BCUT2D eigenvalue weighted by atomic mass is 10.2. The van der Waals surface area contributed by atoms with Crippen LogP contribution in [0.15, 0.2) is 47.4 Å². The van der Waals surface area contributed by atoms with Crippen molar-refractivity contribution in [1.82, 2.24) is 0 Å². The van der Waals surface area contributed by atoms with Gasteiger partial charge < -0.3 is 14.8 Å². The van der Waals surface area contributed by atoms with Crippen molar-refractivity contribution in [3.05, 3.63) is 48.0 Å². The molecule has 0 saturated carbocycles. The summed E-state index contributed by atoms with van der Waals surface area (Å²) in [5.74, 6) is 0.320. The molecule has 0 radical (unpaired) electrons. The number of ether oxygens (including phenoxy) is 2. The molecule has 3 nitrogen and oxygen atoms in total. The Bertz CT molecular complexity index is 677. The quantitative estimate of drug-likeness (QED) is 0.709. The van der Waals surface area contributed by atoms with Crippen molar-refractivity contribution in [3.63, 3.8) is 0 Å². The van der Waals surface area contributed by atoms with E-state index in [2.05, 4.69) is 5.32 Å². The third-order valence-electron chi connectivity index (χ3n) is 3.21. The number of hydrogen-bond acceptors (Lipinski definition) is 4. The lowest BCUT2D eigenvalue weighted by Gasteiger charge is -2.14. The minimum atomic E-state index is -4.19. The van der Waals surface area contributed by atoms with Crippen LogP contribution in [0.2, 0.25) is 0 Å². The first-order chi connectivity index (χ1) is 11.4. The third kappa shape index (κ3) is 5.26. The van der Waals surface area contributed by atoms with Gasteiger partial charge in [-0.15, -0.1) is 11.8 Å². The van der Waals surface area contributed by atoms with E-state index in [-0.39, 0.29) is 0 Å². The summed E-state index contributed by atoms with van der Waals surface area (Å²) >= 11 is 0.771. The van der Waals surface area contributed by atoms with Crippen molar-refractivity contribution >= 4 is 17.4 Å². The van der Waals surface area contributed by atoms with E-state index in [1.54, 1.807) is 44.6 Å². The zero-order valence-corrected chi connectivity index (χ0v) is 14.1. The van der Waals surface area contributed by atoms with Gasteiger partial charge in [-0.05, 0) is 29.8 Å². The summed E-state index contributed by atoms with van der Waals surface area (Å²) in [6.45, 7) is 0.462. The molecule has 0 atom stereocenters. The summed E-state index contributed by atoms with van der Waals surface area (Å²) in [6, 6.07) is 12.4. The number of methoxy groups -OCH3 is 2. The first-order valence-electron chi connectivity index (χ1n) is 7.16. The molecule has 7 heteroatoms. The highest BCUT2D eigenvalue weighted by Gasteiger charge is 2.27. The monoisotopic (exact) mass is 357 g/mol. The number of nitrogens with one attached hydrogen (secondary N) is 1. The number of benzene rings is 2. The van der Waals surface area contributed by atoms with Gasteiger partial charge in [0, 0.05) is 17.1 Å². The zero-order chi connectivity index (χ0) is 17.6. The Labute approximate surface area is 143 Å². The van der Waals surface area contributed by atoms with Gasteiger partial charge in [0.1, 0.15) is 0 Å². The second-order valence-corrected chi connectivity index (χ2v) is 5.96. The average Bonchev–Trinajstić information content (AvgIpc) is 2.57. The highest BCUT2D eigenvalue weighted by atomic mass is 32.2. The molecule has 0 heterocycles. The number of rotatable bonds is 7. The van der Waals surface area contributed by atoms with E-state index in [0.29, 0.717) is 28.6 Å². The molecule has 0 unspecified atom stereocenters. The van der Waals surface area contributed by atoms with Crippen molar-refractivity contribution < 1.29 is 22.6 Å². The number of hydrogen-bond donors (Lipinski definition) is 1. The summed E-state index contributed by atoms with van der Waals surface area (Å²) < 4.78 is 47.7. The number of thioether (sulfide) groups is 1. The summed E-state index contributed by atoms with van der Waals surface area (Å²) in [4.78, 5) is 0.565. The second kappa shape index (κ2) is 8.19. The standard InChI is InChI=1S/C17H18F3NO2S/c1-22-14-8-7-12(9-15(14)23-2)10-21-13-5-3-4-6-16(13)24-11-17(18,19)20/h3-9,21H,10-11H2,1-2H3. The summed E-state index contributed by atoms with van der Waals surface area (Å²) in [5.41, 5.74) is 1.60. The van der Waals surface area contributed by atoms with Crippen LogP contribution in [0.4, 0.5) is 18.9 Å². The molecule has 0 saturated heterocycles. The van der Waals surface area contributed by atoms with Crippen LogP contribution < -0.4 is 14.8 Å². The van der Waals surface area contributed by atoms with E-state index in [4.69, 9.17) is 9.47 Å². The van der Waals surface area contributed by atoms with Crippen LogP contribution in [0.5, 0.6) is 11.5 Å². The highest BCUT2D eigenvalue weighted by molar-refractivity contribution is 7.99. The van der Waals surface area contributed by atoms with Crippen LogP contribution in [0, 0.1) is 0 Å². The second-order valence-electron chi connectivity index (χ2n) is 4.94. The van der Waals surface area contributed by atoms with E-state index in [0.717, 1.165) is 17.3 Å². The van der Waals surface area contributed by atoms with Gasteiger partial charge in [0.2, 0.25) is 0 Å². The first-order valence-corrected chi connectivity index (χ1v) is 8.15. The fourth-order valence-electron chi connectivity index (χ4n) is 2.09. The number of halogens is 3. The molecule has 0 amide bonds. The van der Waals surface area contributed by atoms with Gasteiger partial charge >= 0.3 is 6.18 Å². The van der Waals surface area contributed by atoms with Gasteiger partial charge in [-0.1, -0.05) is 18.2 Å². The molecule has 1 N–H and O–H groups in total. The molecule has 0 aliphatic rings. The molecule has 0 aromatic heterocycles. The molecule has 0 aliphatic heterocycles. The van der Waals surface area contributed by atoms with Gasteiger partial charge in [0.25, 0.3) is 0 Å². The van der Waals surface area contributed by atoms with Gasteiger partial charge in [0.15, 0.2) is 11.5 Å². The van der Waals surface area contributed by atoms with Gasteiger partial charge in [-0.2, -0.15) is 13.2 Å². The average molecular weight is 357 g/mol. The Morgan fingerprint density at radius 2 is 1.71 bits per heavy atom. The summed E-state index contributed by atoms with van der Waals surface area (Å²) in [7, 11) is 3.11. The maximum atomic E-state index is 12.4. The number of alkyl halides is 3. The van der Waals surface area contributed by atoms with Crippen molar-refractivity contribution in [3.8, 4) is 11.5 Å².